The molecule has 0 bridgehead atoms. The predicted octanol–water partition coefficient (Wildman–Crippen LogP) is 7.50. The van der Waals surface area contributed by atoms with Gasteiger partial charge in [0, 0.05) is 6.04 Å². The number of hydrogen-bond donors (Lipinski definition) is 2. The SMILES string of the molecule is COC(=O)C(C)c1cc(F)c(NC(=O)[C@H](c2cc(C(N)=O)n(C(C)C)n2)C(C2CCCCC2)C2CCCCC2)cc1C(F)(F)F. The van der Waals surface area contributed by atoms with Gasteiger partial charge >= 0.3 is 12.1 Å². The number of anilines is 1. The molecule has 2 aliphatic carbocycles. The van der Waals surface area contributed by atoms with Crippen LogP contribution < -0.4 is 11.1 Å². The van der Waals surface area contributed by atoms with Crippen molar-refractivity contribution in [2.24, 2.45) is 23.5 Å². The van der Waals surface area contributed by atoms with Crippen LogP contribution in [0.3, 0.4) is 0 Å². The van der Waals surface area contributed by atoms with Crippen LogP contribution in [0.5, 0.6) is 0 Å². The number of nitrogens with zero attached hydrogens (tertiary/aromatic N) is 2. The third kappa shape index (κ3) is 7.69. The van der Waals surface area contributed by atoms with E-state index >= 15 is 4.39 Å². The number of primary amides is 1. The molecule has 2 atom stereocenters. The molecule has 0 spiro atoms. The molecule has 2 saturated carbocycles. The lowest BCUT2D eigenvalue weighted by atomic mass is 9.64. The zero-order valence-electron chi connectivity index (χ0n) is 26.4. The summed E-state index contributed by atoms with van der Waals surface area (Å²) in [6, 6.07) is 2.41. The number of aromatic nitrogens is 2. The fraction of sp³-hybridized carbons (Fsp3) is 0.636. The number of carbonyl (C=O) groups excluding carboxylic acids is 3. The Morgan fingerprint density at radius 2 is 1.51 bits per heavy atom. The first-order valence-electron chi connectivity index (χ1n) is 15.9. The summed E-state index contributed by atoms with van der Waals surface area (Å²) in [5.41, 5.74) is 3.61. The number of nitrogens with two attached hydrogens (primary N) is 1. The van der Waals surface area contributed by atoms with Crippen LogP contribution >= 0.6 is 0 Å². The molecule has 4 rings (SSSR count). The van der Waals surface area contributed by atoms with Crippen LogP contribution in [-0.2, 0) is 20.5 Å². The van der Waals surface area contributed by atoms with E-state index in [0.29, 0.717) is 17.8 Å². The summed E-state index contributed by atoms with van der Waals surface area (Å²) in [6.45, 7) is 4.84. The molecule has 2 aliphatic rings. The monoisotopic (exact) mass is 636 g/mol. The Hall–Kier alpha value is -3.44. The van der Waals surface area contributed by atoms with E-state index in [1.807, 2.05) is 13.8 Å². The number of amides is 2. The fourth-order valence-corrected chi connectivity index (χ4v) is 7.42. The molecule has 2 aromatic rings. The molecular formula is C33H44F4N4O4. The van der Waals surface area contributed by atoms with Gasteiger partial charge in [-0.15, -0.1) is 0 Å². The molecule has 0 aliphatic heterocycles. The Bertz CT molecular complexity index is 1360. The van der Waals surface area contributed by atoms with Crippen LogP contribution in [0.4, 0.5) is 23.2 Å². The maximum atomic E-state index is 15.5. The minimum absolute atomic E-state index is 0.121. The summed E-state index contributed by atoms with van der Waals surface area (Å²) in [6.07, 6.45) is 4.80. The van der Waals surface area contributed by atoms with Crippen LogP contribution in [0, 0.1) is 23.6 Å². The van der Waals surface area contributed by atoms with Gasteiger partial charge in [0.15, 0.2) is 0 Å². The maximum absolute atomic E-state index is 15.5. The van der Waals surface area contributed by atoms with Crippen molar-refractivity contribution in [1.82, 2.24) is 9.78 Å². The van der Waals surface area contributed by atoms with Crippen molar-refractivity contribution >= 4 is 23.5 Å². The molecule has 248 valence electrons. The molecule has 1 aromatic carbocycles. The van der Waals surface area contributed by atoms with Crippen molar-refractivity contribution in [3.05, 3.63) is 46.5 Å². The number of nitrogens with one attached hydrogen (secondary N) is 1. The van der Waals surface area contributed by atoms with Gasteiger partial charge in [0.25, 0.3) is 5.91 Å². The highest BCUT2D eigenvalue weighted by atomic mass is 19.4. The highest BCUT2D eigenvalue weighted by Crippen LogP contribution is 2.48. The molecule has 3 N–H and O–H groups in total. The number of methoxy groups -OCH3 is 1. The lowest BCUT2D eigenvalue weighted by molar-refractivity contribution is -0.143. The highest BCUT2D eigenvalue weighted by Gasteiger charge is 2.44. The number of ether oxygens (including phenoxy) is 1. The van der Waals surface area contributed by atoms with Crippen LogP contribution in [0.15, 0.2) is 18.2 Å². The van der Waals surface area contributed by atoms with Crippen LogP contribution in [0.1, 0.15) is 130 Å². The Balaban J connectivity index is 1.84. The zero-order chi connectivity index (χ0) is 33.1. The van der Waals surface area contributed by atoms with E-state index in [2.05, 4.69) is 15.2 Å². The van der Waals surface area contributed by atoms with Gasteiger partial charge in [-0.05, 0) is 62.3 Å². The Labute approximate surface area is 261 Å². The van der Waals surface area contributed by atoms with Crippen molar-refractivity contribution < 1.29 is 36.7 Å². The third-order valence-corrected chi connectivity index (χ3v) is 9.59. The predicted molar refractivity (Wildman–Crippen MR) is 161 cm³/mol. The fourth-order valence-electron chi connectivity index (χ4n) is 7.42. The molecular weight excluding hydrogens is 592 g/mol. The molecule has 0 saturated heterocycles. The smallest absolute Gasteiger partial charge is 0.416 e. The molecule has 2 fully saturated rings. The van der Waals surface area contributed by atoms with Crippen LogP contribution in [-0.4, -0.2) is 34.7 Å². The normalized spacial score (nSPS) is 18.2. The van der Waals surface area contributed by atoms with E-state index in [9.17, 15) is 27.6 Å². The maximum Gasteiger partial charge on any atom is 0.416 e. The molecule has 8 nitrogen and oxygen atoms in total. The first-order chi connectivity index (χ1) is 21.2. The van der Waals surface area contributed by atoms with Gasteiger partial charge in [-0.1, -0.05) is 64.2 Å². The standard InChI is InChI=1S/C33H44F4N4O4/c1-18(2)41-27(30(38)42)17-26(40-41)29(28(20-11-7-5-8-12-20)21-13-9-6-10-14-21)31(43)39-25-16-23(33(35,36)37)22(15-24(25)34)19(3)32(44)45-4/h15-21,28-29H,5-14H2,1-4H3,(H2,38,42)(H,39,43)/t19?,29-/m1/s1. The number of hydrogen-bond acceptors (Lipinski definition) is 5. The molecule has 45 heavy (non-hydrogen) atoms. The quantitative estimate of drug-likeness (QED) is 0.207. The lowest BCUT2D eigenvalue weighted by Gasteiger charge is -2.41. The average molecular weight is 637 g/mol. The van der Waals surface area contributed by atoms with Gasteiger partial charge in [0.2, 0.25) is 5.91 Å². The van der Waals surface area contributed by atoms with E-state index in [4.69, 9.17) is 5.73 Å². The van der Waals surface area contributed by atoms with Crippen molar-refractivity contribution in [2.45, 2.75) is 109 Å². The second-order valence-electron chi connectivity index (χ2n) is 12.9. The Kier molecular flexibility index (Phi) is 11.0. The summed E-state index contributed by atoms with van der Waals surface area (Å²) >= 11 is 0. The summed E-state index contributed by atoms with van der Waals surface area (Å²) in [5, 5.41) is 7.16. The number of esters is 1. The Morgan fingerprint density at radius 1 is 0.956 bits per heavy atom. The van der Waals surface area contributed by atoms with Crippen molar-refractivity contribution in [2.75, 3.05) is 12.4 Å². The molecule has 0 radical (unpaired) electrons. The van der Waals surface area contributed by atoms with Crippen LogP contribution in [0.25, 0.3) is 0 Å². The van der Waals surface area contributed by atoms with Crippen molar-refractivity contribution in [3.63, 3.8) is 0 Å². The van der Waals surface area contributed by atoms with E-state index in [0.717, 1.165) is 71.3 Å². The summed E-state index contributed by atoms with van der Waals surface area (Å²) < 4.78 is 64.3. The lowest BCUT2D eigenvalue weighted by Crippen LogP contribution is -2.38. The van der Waals surface area contributed by atoms with E-state index in [1.54, 1.807) is 0 Å². The second-order valence-corrected chi connectivity index (χ2v) is 12.9. The zero-order valence-corrected chi connectivity index (χ0v) is 26.4. The number of benzene rings is 1. The highest BCUT2D eigenvalue weighted by molar-refractivity contribution is 5.97. The third-order valence-electron chi connectivity index (χ3n) is 9.59. The minimum atomic E-state index is -4.94. The number of carbonyl (C=O) groups is 3. The minimum Gasteiger partial charge on any atom is -0.469 e. The number of alkyl halides is 3. The van der Waals surface area contributed by atoms with Crippen molar-refractivity contribution in [3.8, 4) is 0 Å². The second kappa shape index (κ2) is 14.3. The molecule has 2 amide bonds. The molecule has 1 unspecified atom stereocenters. The average Bonchev–Trinajstić information content (AvgIpc) is 3.46. The topological polar surface area (TPSA) is 116 Å². The van der Waals surface area contributed by atoms with E-state index in [-0.39, 0.29) is 29.5 Å². The van der Waals surface area contributed by atoms with Crippen LogP contribution in [0.2, 0.25) is 0 Å². The Morgan fingerprint density at radius 3 is 1.96 bits per heavy atom. The van der Waals surface area contributed by atoms with Gasteiger partial charge in [-0.25, -0.2) is 4.39 Å². The first kappa shape index (κ1) is 34.4. The van der Waals surface area contributed by atoms with Gasteiger partial charge in [0.05, 0.1) is 35.9 Å². The number of halogens is 4. The van der Waals surface area contributed by atoms with Gasteiger partial charge in [-0.2, -0.15) is 18.3 Å². The largest absolute Gasteiger partial charge is 0.469 e. The molecule has 1 aromatic heterocycles. The number of rotatable bonds is 10. The van der Waals surface area contributed by atoms with Gasteiger partial charge in [0.1, 0.15) is 11.5 Å². The van der Waals surface area contributed by atoms with Gasteiger partial charge in [-0.3, -0.25) is 19.1 Å². The summed E-state index contributed by atoms with van der Waals surface area (Å²) in [5.74, 6) is -5.75. The first-order valence-corrected chi connectivity index (χ1v) is 15.9. The van der Waals surface area contributed by atoms with E-state index < -0.39 is 58.4 Å². The van der Waals surface area contributed by atoms with Crippen molar-refractivity contribution in [1.29, 1.82) is 0 Å². The van der Waals surface area contributed by atoms with E-state index in [1.165, 1.54) is 17.7 Å². The summed E-state index contributed by atoms with van der Waals surface area (Å²) in [4.78, 5) is 38.9. The summed E-state index contributed by atoms with van der Waals surface area (Å²) in [7, 11) is 1.04. The van der Waals surface area contributed by atoms with Gasteiger partial charge < -0.3 is 15.8 Å². The molecule has 12 heteroatoms. The molecule has 1 heterocycles.